The van der Waals surface area contributed by atoms with Crippen LogP contribution in [0.5, 0.6) is 0 Å². The molecule has 1 N–H and O–H groups in total. The molecule has 5 rings (SSSR count). The lowest BCUT2D eigenvalue weighted by Crippen LogP contribution is -2.40. The molecule has 9 nitrogen and oxygen atoms in total. The number of furan rings is 1. The summed E-state index contributed by atoms with van der Waals surface area (Å²) in [6.45, 7) is 2.41. The smallest absolute Gasteiger partial charge is 0.269 e. The van der Waals surface area contributed by atoms with Crippen LogP contribution in [-0.2, 0) is 11.2 Å². The Labute approximate surface area is 214 Å². The maximum absolute atomic E-state index is 13.2. The van der Waals surface area contributed by atoms with E-state index in [1.54, 1.807) is 23.1 Å². The van der Waals surface area contributed by atoms with Crippen molar-refractivity contribution >= 4 is 11.6 Å². The van der Waals surface area contributed by atoms with Crippen LogP contribution in [0.1, 0.15) is 36.6 Å². The number of carbonyl (C=O) groups excluding carboxylic acids is 1. The number of piperidine rings is 1. The first-order chi connectivity index (χ1) is 18.1. The molecular weight excluding hydrogens is 470 g/mol. The van der Waals surface area contributed by atoms with Gasteiger partial charge in [0.15, 0.2) is 0 Å². The Kier molecular flexibility index (Phi) is 7.41. The fourth-order valence-corrected chi connectivity index (χ4v) is 4.80. The van der Waals surface area contributed by atoms with Crippen molar-refractivity contribution in [1.29, 1.82) is 0 Å². The van der Waals surface area contributed by atoms with Crippen molar-refractivity contribution in [3.8, 4) is 16.9 Å². The number of para-hydroxylation sites is 1. The third-order valence-electron chi connectivity index (χ3n) is 6.71. The van der Waals surface area contributed by atoms with Crippen LogP contribution >= 0.6 is 0 Å². The van der Waals surface area contributed by atoms with Gasteiger partial charge in [0.1, 0.15) is 5.76 Å². The summed E-state index contributed by atoms with van der Waals surface area (Å²) in [6, 6.07) is 19.7. The highest BCUT2D eigenvalue weighted by molar-refractivity contribution is 5.81. The van der Waals surface area contributed by atoms with Crippen molar-refractivity contribution in [1.82, 2.24) is 20.0 Å². The quantitative estimate of drug-likeness (QED) is 0.259. The first kappa shape index (κ1) is 24.5. The van der Waals surface area contributed by atoms with Crippen LogP contribution in [-0.4, -0.2) is 45.1 Å². The summed E-state index contributed by atoms with van der Waals surface area (Å²) in [5, 5.41) is 18.9. The molecule has 2 aromatic carbocycles. The molecule has 9 heteroatoms. The number of likely N-dealkylation sites (tertiary alicyclic amines) is 1. The lowest BCUT2D eigenvalue weighted by Gasteiger charge is -2.33. The highest BCUT2D eigenvalue weighted by Crippen LogP contribution is 2.27. The fraction of sp³-hybridized carbons (Fsp3) is 0.286. The first-order valence-electron chi connectivity index (χ1n) is 12.5. The topological polar surface area (TPSA) is 106 Å². The van der Waals surface area contributed by atoms with E-state index in [0.717, 1.165) is 42.9 Å². The highest BCUT2D eigenvalue weighted by atomic mass is 16.6. The molecule has 1 atom stereocenters. The number of hydrogen-bond donors (Lipinski definition) is 1. The SMILES string of the molecule is O=C(Cc1cn(-c2ccccc2)nc1-c1ccc([N+](=O)[O-])cc1)NCC(c1ccco1)N1CCCCC1. The molecule has 0 aliphatic carbocycles. The van der Waals surface area contributed by atoms with Crippen LogP contribution in [0.15, 0.2) is 83.6 Å². The van der Waals surface area contributed by atoms with E-state index < -0.39 is 4.92 Å². The zero-order chi connectivity index (χ0) is 25.6. The van der Waals surface area contributed by atoms with Crippen molar-refractivity contribution in [2.75, 3.05) is 19.6 Å². The van der Waals surface area contributed by atoms with E-state index in [1.165, 1.54) is 18.6 Å². The van der Waals surface area contributed by atoms with Gasteiger partial charge in [0.25, 0.3) is 5.69 Å². The lowest BCUT2D eigenvalue weighted by atomic mass is 10.0. The van der Waals surface area contributed by atoms with Crippen LogP contribution < -0.4 is 5.32 Å². The summed E-state index contributed by atoms with van der Waals surface area (Å²) in [6.07, 6.45) is 7.16. The Balaban J connectivity index is 1.36. The van der Waals surface area contributed by atoms with E-state index in [-0.39, 0.29) is 24.1 Å². The summed E-state index contributed by atoms with van der Waals surface area (Å²) in [4.78, 5) is 26.2. The van der Waals surface area contributed by atoms with Gasteiger partial charge >= 0.3 is 0 Å². The average Bonchev–Trinajstić information content (AvgIpc) is 3.61. The number of nitro groups is 1. The van der Waals surface area contributed by atoms with Crippen molar-refractivity contribution < 1.29 is 14.1 Å². The number of amides is 1. The monoisotopic (exact) mass is 499 g/mol. The maximum Gasteiger partial charge on any atom is 0.269 e. The maximum atomic E-state index is 13.2. The number of rotatable bonds is 9. The number of hydrogen-bond acceptors (Lipinski definition) is 6. The Hall–Kier alpha value is -4.24. The number of aromatic nitrogens is 2. The van der Waals surface area contributed by atoms with Gasteiger partial charge in [0, 0.05) is 36.0 Å². The number of nitrogens with zero attached hydrogens (tertiary/aromatic N) is 4. The molecule has 3 heterocycles. The third kappa shape index (κ3) is 5.78. The van der Waals surface area contributed by atoms with Crippen LogP contribution in [0, 0.1) is 10.1 Å². The minimum atomic E-state index is -0.432. The van der Waals surface area contributed by atoms with E-state index in [0.29, 0.717) is 17.8 Å². The molecule has 0 saturated carbocycles. The first-order valence-corrected chi connectivity index (χ1v) is 12.5. The molecule has 1 aliphatic rings. The van der Waals surface area contributed by atoms with Crippen LogP contribution in [0.2, 0.25) is 0 Å². The van der Waals surface area contributed by atoms with Gasteiger partial charge < -0.3 is 9.73 Å². The molecule has 0 radical (unpaired) electrons. The summed E-state index contributed by atoms with van der Waals surface area (Å²) in [5.74, 6) is 0.731. The summed E-state index contributed by atoms with van der Waals surface area (Å²) < 4.78 is 7.44. The summed E-state index contributed by atoms with van der Waals surface area (Å²) in [5.41, 5.74) is 2.94. The summed E-state index contributed by atoms with van der Waals surface area (Å²) >= 11 is 0. The predicted molar refractivity (Wildman–Crippen MR) is 139 cm³/mol. The second-order valence-electron chi connectivity index (χ2n) is 9.20. The van der Waals surface area contributed by atoms with Crippen LogP contribution in [0.25, 0.3) is 16.9 Å². The highest BCUT2D eigenvalue weighted by Gasteiger charge is 2.25. The van der Waals surface area contributed by atoms with Crippen LogP contribution in [0.4, 0.5) is 5.69 Å². The molecule has 1 fully saturated rings. The van der Waals surface area contributed by atoms with Gasteiger partial charge in [-0.3, -0.25) is 19.8 Å². The van der Waals surface area contributed by atoms with Gasteiger partial charge in [0.2, 0.25) is 5.91 Å². The Morgan fingerprint density at radius 1 is 1.03 bits per heavy atom. The largest absolute Gasteiger partial charge is 0.468 e. The fourth-order valence-electron chi connectivity index (χ4n) is 4.80. The van der Waals surface area contributed by atoms with E-state index in [4.69, 9.17) is 9.52 Å². The molecule has 1 unspecified atom stereocenters. The van der Waals surface area contributed by atoms with Crippen molar-refractivity contribution in [2.24, 2.45) is 0 Å². The molecule has 1 saturated heterocycles. The lowest BCUT2D eigenvalue weighted by molar-refractivity contribution is -0.384. The molecule has 0 bridgehead atoms. The van der Waals surface area contributed by atoms with Gasteiger partial charge in [-0.2, -0.15) is 5.10 Å². The number of carbonyl (C=O) groups is 1. The number of non-ortho nitro benzene ring substituents is 1. The summed E-state index contributed by atoms with van der Waals surface area (Å²) in [7, 11) is 0. The van der Waals surface area contributed by atoms with Crippen molar-refractivity contribution in [2.45, 2.75) is 31.7 Å². The standard InChI is InChI=1S/C28H29N5O4/c34-27(29-19-25(26-10-7-17-37-26)31-15-5-2-6-16-31)18-22-20-32(23-8-3-1-4-9-23)30-28(22)21-11-13-24(14-12-21)33(35)36/h1,3-4,7-14,17,20,25H,2,5-6,15-16,18-19H2,(H,29,34). The van der Waals surface area contributed by atoms with E-state index in [2.05, 4.69) is 10.2 Å². The van der Waals surface area contributed by atoms with Crippen molar-refractivity contribution in [3.05, 3.63) is 101 Å². The molecule has 1 aliphatic heterocycles. The third-order valence-corrected chi connectivity index (χ3v) is 6.71. The predicted octanol–water partition coefficient (Wildman–Crippen LogP) is 4.93. The van der Waals surface area contributed by atoms with Gasteiger partial charge in [0.05, 0.1) is 35.0 Å². The zero-order valence-electron chi connectivity index (χ0n) is 20.5. The van der Waals surface area contributed by atoms with Crippen LogP contribution in [0.3, 0.4) is 0 Å². The van der Waals surface area contributed by atoms with Gasteiger partial charge in [-0.25, -0.2) is 4.68 Å². The average molecular weight is 500 g/mol. The van der Waals surface area contributed by atoms with Gasteiger partial charge in [-0.05, 0) is 62.3 Å². The molecule has 0 spiro atoms. The molecule has 4 aromatic rings. The zero-order valence-corrected chi connectivity index (χ0v) is 20.5. The van der Waals surface area contributed by atoms with E-state index in [9.17, 15) is 14.9 Å². The molecular formula is C28H29N5O4. The normalized spacial score (nSPS) is 14.8. The Morgan fingerprint density at radius 2 is 1.78 bits per heavy atom. The molecule has 190 valence electrons. The molecule has 1 amide bonds. The number of nitrogens with one attached hydrogen (secondary N) is 1. The second-order valence-corrected chi connectivity index (χ2v) is 9.20. The Morgan fingerprint density at radius 3 is 2.46 bits per heavy atom. The van der Waals surface area contributed by atoms with E-state index in [1.807, 2.05) is 48.7 Å². The Bertz CT molecular complexity index is 1330. The number of nitro benzene ring substituents is 1. The van der Waals surface area contributed by atoms with E-state index >= 15 is 0 Å². The second kappa shape index (κ2) is 11.2. The number of benzene rings is 2. The van der Waals surface area contributed by atoms with Gasteiger partial charge in [-0.15, -0.1) is 0 Å². The minimum Gasteiger partial charge on any atom is -0.468 e. The van der Waals surface area contributed by atoms with Gasteiger partial charge in [-0.1, -0.05) is 24.6 Å². The minimum absolute atomic E-state index is 0.00668. The molecule has 37 heavy (non-hydrogen) atoms. The molecule has 2 aromatic heterocycles. The van der Waals surface area contributed by atoms with Crippen molar-refractivity contribution in [3.63, 3.8) is 0 Å².